The van der Waals surface area contributed by atoms with Crippen molar-refractivity contribution in [3.05, 3.63) is 64.7 Å². The van der Waals surface area contributed by atoms with Crippen molar-refractivity contribution in [1.29, 1.82) is 0 Å². The molecule has 0 spiro atoms. The number of carbonyl (C=O) groups is 2. The first-order chi connectivity index (χ1) is 13.3. The highest BCUT2D eigenvalue weighted by atomic mass is 35.5. The number of alkyl halides is 3. The normalized spacial score (nSPS) is 15.4. The summed E-state index contributed by atoms with van der Waals surface area (Å²) in [6, 6.07) is 11.7. The number of hydrogen-bond donors (Lipinski definition) is 1. The Labute approximate surface area is 165 Å². The largest absolute Gasteiger partial charge is 0.416 e. The molecule has 0 saturated carbocycles. The van der Waals surface area contributed by atoms with Gasteiger partial charge in [-0.3, -0.25) is 9.59 Å². The van der Waals surface area contributed by atoms with E-state index >= 15 is 0 Å². The van der Waals surface area contributed by atoms with Crippen LogP contribution >= 0.6 is 11.6 Å². The Bertz CT molecular complexity index is 863. The highest BCUT2D eigenvalue weighted by molar-refractivity contribution is 6.33. The fourth-order valence-corrected chi connectivity index (χ4v) is 3.31. The number of piperidine rings is 1. The third-order valence-corrected chi connectivity index (χ3v) is 5.05. The fourth-order valence-electron chi connectivity index (χ4n) is 3.14. The predicted molar refractivity (Wildman–Crippen MR) is 100 cm³/mol. The molecule has 1 aliphatic rings. The van der Waals surface area contributed by atoms with Gasteiger partial charge in [-0.25, -0.2) is 0 Å². The summed E-state index contributed by atoms with van der Waals surface area (Å²) >= 11 is 5.93. The van der Waals surface area contributed by atoms with E-state index in [-0.39, 0.29) is 16.6 Å². The minimum Gasteiger partial charge on any atom is -0.339 e. The third kappa shape index (κ3) is 4.65. The van der Waals surface area contributed by atoms with E-state index in [2.05, 4.69) is 5.32 Å². The fraction of sp³-hybridized carbons (Fsp3) is 0.300. The van der Waals surface area contributed by atoms with Gasteiger partial charge in [0.1, 0.15) is 0 Å². The Kier molecular flexibility index (Phi) is 5.93. The third-order valence-electron chi connectivity index (χ3n) is 4.73. The Morgan fingerprint density at radius 3 is 2.29 bits per heavy atom. The smallest absolute Gasteiger partial charge is 0.339 e. The molecule has 0 atom stereocenters. The van der Waals surface area contributed by atoms with E-state index < -0.39 is 23.6 Å². The average molecular weight is 411 g/mol. The van der Waals surface area contributed by atoms with Gasteiger partial charge in [0.25, 0.3) is 5.91 Å². The molecule has 3 rings (SSSR count). The zero-order valence-corrected chi connectivity index (χ0v) is 15.6. The molecule has 4 nitrogen and oxygen atoms in total. The van der Waals surface area contributed by atoms with Crippen LogP contribution in [0, 0.1) is 5.92 Å². The van der Waals surface area contributed by atoms with E-state index in [0.29, 0.717) is 31.5 Å². The van der Waals surface area contributed by atoms with Crippen LogP contribution in [-0.2, 0) is 11.0 Å². The zero-order chi connectivity index (χ0) is 20.3. The summed E-state index contributed by atoms with van der Waals surface area (Å²) in [6.45, 7) is 0.810. The molecule has 148 valence electrons. The van der Waals surface area contributed by atoms with Crippen molar-refractivity contribution in [2.75, 3.05) is 18.4 Å². The summed E-state index contributed by atoms with van der Waals surface area (Å²) in [7, 11) is 0. The van der Waals surface area contributed by atoms with Crippen LogP contribution in [0.2, 0.25) is 5.02 Å². The first kappa shape index (κ1) is 20.2. The standard InChI is InChI=1S/C20H18ClF3N2O2/c21-16-7-6-15(20(22,23)24)12-17(16)25-18(27)13-8-10-26(11-9-13)19(28)14-4-2-1-3-5-14/h1-7,12-13H,8-11H2,(H,25,27). The molecule has 0 aliphatic carbocycles. The number of rotatable bonds is 3. The number of amides is 2. The Morgan fingerprint density at radius 1 is 1.04 bits per heavy atom. The lowest BCUT2D eigenvalue weighted by Gasteiger charge is -2.31. The van der Waals surface area contributed by atoms with E-state index in [4.69, 9.17) is 11.6 Å². The number of nitrogens with one attached hydrogen (secondary N) is 1. The molecule has 0 unspecified atom stereocenters. The molecular formula is C20H18ClF3N2O2. The van der Waals surface area contributed by atoms with Gasteiger partial charge in [-0.1, -0.05) is 29.8 Å². The number of anilines is 1. The first-order valence-electron chi connectivity index (χ1n) is 8.77. The SMILES string of the molecule is O=C(Nc1cc(C(F)(F)F)ccc1Cl)C1CCN(C(=O)c2ccccc2)CC1. The van der Waals surface area contributed by atoms with Gasteiger partial charge in [-0.05, 0) is 43.2 Å². The van der Waals surface area contributed by atoms with Gasteiger partial charge < -0.3 is 10.2 Å². The van der Waals surface area contributed by atoms with E-state index in [9.17, 15) is 22.8 Å². The molecule has 1 aliphatic heterocycles. The first-order valence-corrected chi connectivity index (χ1v) is 9.15. The highest BCUT2D eigenvalue weighted by Crippen LogP contribution is 2.34. The van der Waals surface area contributed by atoms with Gasteiger partial charge in [-0.15, -0.1) is 0 Å². The van der Waals surface area contributed by atoms with Gasteiger partial charge in [0.2, 0.25) is 5.91 Å². The Balaban J connectivity index is 1.61. The van der Waals surface area contributed by atoms with Gasteiger partial charge in [-0.2, -0.15) is 13.2 Å². The van der Waals surface area contributed by atoms with Crippen molar-refractivity contribution < 1.29 is 22.8 Å². The average Bonchev–Trinajstić information content (AvgIpc) is 2.69. The molecule has 2 aromatic rings. The topological polar surface area (TPSA) is 49.4 Å². The summed E-state index contributed by atoms with van der Waals surface area (Å²) in [5.41, 5.74) is -0.360. The number of likely N-dealkylation sites (tertiary alicyclic amines) is 1. The van der Waals surface area contributed by atoms with Gasteiger partial charge in [0.05, 0.1) is 16.3 Å². The van der Waals surface area contributed by atoms with Crippen LogP contribution in [0.25, 0.3) is 0 Å². The lowest BCUT2D eigenvalue weighted by molar-refractivity contribution is -0.137. The second kappa shape index (κ2) is 8.22. The van der Waals surface area contributed by atoms with E-state index in [1.807, 2.05) is 6.07 Å². The number of halogens is 4. The maximum atomic E-state index is 12.9. The van der Waals surface area contributed by atoms with E-state index in [1.165, 1.54) is 0 Å². The van der Waals surface area contributed by atoms with Crippen molar-refractivity contribution in [3.8, 4) is 0 Å². The molecule has 1 N–H and O–H groups in total. The van der Waals surface area contributed by atoms with Crippen molar-refractivity contribution in [1.82, 2.24) is 4.90 Å². The lowest BCUT2D eigenvalue weighted by Crippen LogP contribution is -2.41. The number of carbonyl (C=O) groups excluding carboxylic acids is 2. The zero-order valence-electron chi connectivity index (χ0n) is 14.8. The minimum absolute atomic E-state index is 0.0399. The molecule has 0 bridgehead atoms. The monoisotopic (exact) mass is 410 g/mol. The molecule has 0 radical (unpaired) electrons. The van der Waals surface area contributed by atoms with Crippen LogP contribution in [-0.4, -0.2) is 29.8 Å². The molecule has 1 saturated heterocycles. The van der Waals surface area contributed by atoms with E-state index in [0.717, 1.165) is 18.2 Å². The maximum absolute atomic E-state index is 12.9. The second-order valence-corrected chi connectivity index (χ2v) is 7.02. The molecule has 0 aromatic heterocycles. The minimum atomic E-state index is -4.52. The van der Waals surface area contributed by atoms with Crippen LogP contribution < -0.4 is 5.32 Å². The second-order valence-electron chi connectivity index (χ2n) is 6.61. The van der Waals surface area contributed by atoms with Crippen molar-refractivity contribution in [2.24, 2.45) is 5.92 Å². The summed E-state index contributed by atoms with van der Waals surface area (Å²) in [4.78, 5) is 26.6. The van der Waals surface area contributed by atoms with Crippen LogP contribution in [0.15, 0.2) is 48.5 Å². The van der Waals surface area contributed by atoms with E-state index in [1.54, 1.807) is 29.2 Å². The molecule has 2 aromatic carbocycles. The molecule has 2 amide bonds. The number of benzene rings is 2. The quantitative estimate of drug-likeness (QED) is 0.786. The number of nitrogens with zero attached hydrogens (tertiary/aromatic N) is 1. The van der Waals surface area contributed by atoms with Crippen LogP contribution in [0.5, 0.6) is 0 Å². The molecule has 1 fully saturated rings. The summed E-state index contributed by atoms with van der Waals surface area (Å²) in [6.07, 6.45) is -3.66. The lowest BCUT2D eigenvalue weighted by atomic mass is 9.95. The Morgan fingerprint density at radius 2 is 1.68 bits per heavy atom. The molecular weight excluding hydrogens is 393 g/mol. The predicted octanol–water partition coefficient (Wildman–Crippen LogP) is 4.85. The molecule has 8 heteroatoms. The van der Waals surface area contributed by atoms with Crippen molar-refractivity contribution >= 4 is 29.1 Å². The van der Waals surface area contributed by atoms with Crippen molar-refractivity contribution in [3.63, 3.8) is 0 Å². The summed E-state index contributed by atoms with van der Waals surface area (Å²) < 4.78 is 38.6. The Hall–Kier alpha value is -2.54. The van der Waals surface area contributed by atoms with Gasteiger partial charge in [0, 0.05) is 24.6 Å². The number of hydrogen-bond acceptors (Lipinski definition) is 2. The van der Waals surface area contributed by atoms with Gasteiger partial charge in [0.15, 0.2) is 0 Å². The summed E-state index contributed by atoms with van der Waals surface area (Å²) in [5.74, 6) is -0.890. The van der Waals surface area contributed by atoms with Crippen LogP contribution in [0.4, 0.5) is 18.9 Å². The van der Waals surface area contributed by atoms with Crippen molar-refractivity contribution in [2.45, 2.75) is 19.0 Å². The van der Waals surface area contributed by atoms with Crippen LogP contribution in [0.1, 0.15) is 28.8 Å². The maximum Gasteiger partial charge on any atom is 0.416 e. The van der Waals surface area contributed by atoms with Crippen LogP contribution in [0.3, 0.4) is 0 Å². The molecule has 1 heterocycles. The summed E-state index contributed by atoms with van der Waals surface area (Å²) in [5, 5.41) is 2.53. The van der Waals surface area contributed by atoms with Gasteiger partial charge >= 0.3 is 6.18 Å². The highest BCUT2D eigenvalue weighted by Gasteiger charge is 2.32. The molecule has 28 heavy (non-hydrogen) atoms.